The maximum Gasteiger partial charge on any atom is 0.326 e. The molecule has 0 atom stereocenters. The minimum absolute atomic E-state index is 0.211. The number of hydrogen-bond acceptors (Lipinski definition) is 3. The summed E-state index contributed by atoms with van der Waals surface area (Å²) in [5.41, 5.74) is 0.402. The van der Waals surface area contributed by atoms with Crippen molar-refractivity contribution < 1.29 is 9.52 Å². The van der Waals surface area contributed by atoms with Gasteiger partial charge < -0.3 is 14.5 Å². The van der Waals surface area contributed by atoms with Crippen LogP contribution < -0.4 is 5.69 Å². The van der Waals surface area contributed by atoms with Crippen LogP contribution in [0.1, 0.15) is 0 Å². The lowest BCUT2D eigenvalue weighted by Crippen LogP contribution is -1.99. The maximum atomic E-state index is 10.5. The van der Waals surface area contributed by atoms with Crippen molar-refractivity contribution in [2.45, 2.75) is 0 Å². The molecule has 10 heavy (non-hydrogen) atoms. The highest BCUT2D eigenvalue weighted by Crippen LogP contribution is 2.17. The Balaban J connectivity index is 2.95. The normalized spacial score (nSPS) is 10.8. The van der Waals surface area contributed by atoms with Crippen LogP contribution in [0.3, 0.4) is 0 Å². The molecule has 3 N–H and O–H groups in total. The highest BCUT2D eigenvalue weighted by Gasteiger charge is 2.03. The SMILES string of the molecule is O=c1[nH]c2cc(O)oc2[nH]1. The molecule has 0 saturated carbocycles. The Bertz CT molecular complexity index is 373. The predicted molar refractivity (Wildman–Crippen MR) is 32.9 cm³/mol. The molecule has 0 aliphatic heterocycles. The lowest BCUT2D eigenvalue weighted by atomic mass is 10.6. The van der Waals surface area contributed by atoms with Crippen LogP contribution in [0, 0.1) is 0 Å². The van der Waals surface area contributed by atoms with Crippen molar-refractivity contribution in [1.29, 1.82) is 0 Å². The number of nitrogens with one attached hydrogen (secondary N) is 2. The Hall–Kier alpha value is -1.65. The summed E-state index contributed by atoms with van der Waals surface area (Å²) in [5, 5.41) is 8.73. The van der Waals surface area contributed by atoms with Crippen LogP contribution in [-0.4, -0.2) is 15.1 Å². The summed E-state index contributed by atoms with van der Waals surface area (Å²) in [6.07, 6.45) is 0. The van der Waals surface area contributed by atoms with E-state index >= 15 is 0 Å². The van der Waals surface area contributed by atoms with E-state index in [-0.39, 0.29) is 17.3 Å². The lowest BCUT2D eigenvalue weighted by molar-refractivity contribution is 0.344. The van der Waals surface area contributed by atoms with E-state index < -0.39 is 0 Å². The van der Waals surface area contributed by atoms with Gasteiger partial charge in [0.2, 0.25) is 5.71 Å². The quantitative estimate of drug-likeness (QED) is 0.487. The fourth-order valence-corrected chi connectivity index (χ4v) is 0.820. The number of fused-ring (bicyclic) bond motifs is 1. The van der Waals surface area contributed by atoms with Crippen molar-refractivity contribution in [2.24, 2.45) is 0 Å². The zero-order chi connectivity index (χ0) is 7.14. The number of aromatic hydroxyl groups is 1. The maximum absolute atomic E-state index is 10.5. The molecule has 0 aromatic carbocycles. The Morgan fingerprint density at radius 2 is 2.30 bits per heavy atom. The average molecular weight is 140 g/mol. The van der Waals surface area contributed by atoms with E-state index in [2.05, 4.69) is 14.4 Å². The topological polar surface area (TPSA) is 82.0 Å². The van der Waals surface area contributed by atoms with E-state index in [0.29, 0.717) is 5.52 Å². The van der Waals surface area contributed by atoms with Gasteiger partial charge in [-0.1, -0.05) is 0 Å². The molecule has 0 bridgehead atoms. The zero-order valence-corrected chi connectivity index (χ0v) is 4.84. The third kappa shape index (κ3) is 0.540. The first-order chi connectivity index (χ1) is 4.75. The second-order valence-corrected chi connectivity index (χ2v) is 1.91. The second-order valence-electron chi connectivity index (χ2n) is 1.91. The third-order valence-electron chi connectivity index (χ3n) is 1.19. The molecule has 2 aromatic heterocycles. The Kier molecular flexibility index (Phi) is 0.743. The number of aromatic nitrogens is 2. The lowest BCUT2D eigenvalue weighted by Gasteiger charge is -1.73. The molecule has 0 radical (unpaired) electrons. The first kappa shape index (κ1) is 5.16. The summed E-state index contributed by atoms with van der Waals surface area (Å²) in [4.78, 5) is 15.3. The number of aromatic amines is 2. The van der Waals surface area contributed by atoms with E-state index in [0.717, 1.165) is 0 Å². The van der Waals surface area contributed by atoms with Gasteiger partial charge in [-0.3, -0.25) is 4.98 Å². The molecule has 0 aliphatic rings. The van der Waals surface area contributed by atoms with Crippen molar-refractivity contribution in [2.75, 3.05) is 0 Å². The van der Waals surface area contributed by atoms with Crippen molar-refractivity contribution in [3.63, 3.8) is 0 Å². The van der Waals surface area contributed by atoms with Gasteiger partial charge in [0.05, 0.1) is 0 Å². The van der Waals surface area contributed by atoms with Crippen LogP contribution >= 0.6 is 0 Å². The number of imidazole rings is 1. The molecule has 0 amide bonds. The van der Waals surface area contributed by atoms with E-state index in [9.17, 15) is 4.79 Å². The van der Waals surface area contributed by atoms with E-state index in [1.807, 2.05) is 0 Å². The summed E-state index contributed by atoms with van der Waals surface area (Å²) >= 11 is 0. The van der Waals surface area contributed by atoms with Crippen LogP contribution in [0.25, 0.3) is 11.2 Å². The summed E-state index contributed by atoms with van der Waals surface area (Å²) in [6.45, 7) is 0. The molecular formula is C5H4N2O3. The van der Waals surface area contributed by atoms with Crippen LogP contribution in [0.4, 0.5) is 0 Å². The van der Waals surface area contributed by atoms with Gasteiger partial charge >= 0.3 is 5.69 Å². The van der Waals surface area contributed by atoms with Gasteiger partial charge in [0.1, 0.15) is 5.52 Å². The van der Waals surface area contributed by atoms with Gasteiger partial charge in [-0.25, -0.2) is 4.79 Å². The van der Waals surface area contributed by atoms with Gasteiger partial charge in [-0.2, -0.15) is 0 Å². The number of hydrogen-bond donors (Lipinski definition) is 3. The minimum Gasteiger partial charge on any atom is -0.481 e. The highest BCUT2D eigenvalue weighted by molar-refractivity contribution is 5.69. The van der Waals surface area contributed by atoms with E-state index in [1.165, 1.54) is 6.07 Å². The molecular weight excluding hydrogens is 136 g/mol. The van der Waals surface area contributed by atoms with Crippen molar-refractivity contribution >= 4 is 11.2 Å². The monoisotopic (exact) mass is 140 g/mol. The second kappa shape index (κ2) is 1.44. The molecule has 0 fully saturated rings. The highest BCUT2D eigenvalue weighted by atomic mass is 16.5. The number of H-pyrrole nitrogens is 2. The van der Waals surface area contributed by atoms with Crippen LogP contribution in [0.5, 0.6) is 5.95 Å². The zero-order valence-electron chi connectivity index (χ0n) is 4.84. The average Bonchev–Trinajstić information content (AvgIpc) is 2.21. The van der Waals surface area contributed by atoms with Crippen LogP contribution in [0.2, 0.25) is 0 Å². The Morgan fingerprint density at radius 1 is 1.50 bits per heavy atom. The van der Waals surface area contributed by atoms with Crippen molar-refractivity contribution in [3.8, 4) is 5.95 Å². The first-order valence-corrected chi connectivity index (χ1v) is 2.66. The molecule has 2 heterocycles. The van der Waals surface area contributed by atoms with Crippen LogP contribution in [-0.2, 0) is 0 Å². The summed E-state index contributed by atoms with van der Waals surface area (Å²) < 4.78 is 4.66. The van der Waals surface area contributed by atoms with Crippen LogP contribution in [0.15, 0.2) is 15.3 Å². The summed E-state index contributed by atoms with van der Waals surface area (Å²) in [7, 11) is 0. The largest absolute Gasteiger partial charge is 0.481 e. The fraction of sp³-hybridized carbons (Fsp3) is 0. The Morgan fingerprint density at radius 3 is 3.00 bits per heavy atom. The molecule has 0 unspecified atom stereocenters. The van der Waals surface area contributed by atoms with E-state index in [4.69, 9.17) is 5.11 Å². The minimum atomic E-state index is -0.339. The molecule has 0 spiro atoms. The standard InChI is InChI=1S/C5H4N2O3/c8-3-1-2-4(10-3)7-5(9)6-2/h1,8H,(H2,6,7,9). The summed E-state index contributed by atoms with van der Waals surface area (Å²) in [5.74, 6) is -0.211. The van der Waals surface area contributed by atoms with Gasteiger partial charge in [-0.05, 0) is 0 Å². The molecule has 5 nitrogen and oxygen atoms in total. The van der Waals surface area contributed by atoms with Gasteiger partial charge in [0.15, 0.2) is 0 Å². The molecule has 5 heteroatoms. The Labute approximate surface area is 54.3 Å². The molecule has 52 valence electrons. The van der Waals surface area contributed by atoms with Crippen molar-refractivity contribution in [1.82, 2.24) is 9.97 Å². The van der Waals surface area contributed by atoms with E-state index in [1.54, 1.807) is 0 Å². The fourth-order valence-electron chi connectivity index (χ4n) is 0.820. The molecule has 2 aromatic rings. The summed E-state index contributed by atoms with van der Waals surface area (Å²) in [6, 6.07) is 1.33. The molecule has 0 aliphatic carbocycles. The molecule has 0 saturated heterocycles. The molecule has 2 rings (SSSR count). The number of furan rings is 1. The first-order valence-electron chi connectivity index (χ1n) is 2.66. The van der Waals surface area contributed by atoms with Gasteiger partial charge in [0, 0.05) is 6.07 Å². The number of rotatable bonds is 0. The third-order valence-corrected chi connectivity index (χ3v) is 1.19. The van der Waals surface area contributed by atoms with Gasteiger partial charge in [0.25, 0.3) is 5.95 Å². The van der Waals surface area contributed by atoms with Gasteiger partial charge in [-0.15, -0.1) is 0 Å². The van der Waals surface area contributed by atoms with Crippen molar-refractivity contribution in [3.05, 3.63) is 16.6 Å². The predicted octanol–water partition coefficient (Wildman–Crippen LogP) is 0.155. The smallest absolute Gasteiger partial charge is 0.326 e.